The van der Waals surface area contributed by atoms with Gasteiger partial charge in [0, 0.05) is 12.3 Å². The molecule has 2 heterocycles. The van der Waals surface area contributed by atoms with Gasteiger partial charge in [0.25, 0.3) is 0 Å². The zero-order valence-corrected chi connectivity index (χ0v) is 15.0. The van der Waals surface area contributed by atoms with Gasteiger partial charge < -0.3 is 15.2 Å². The molecule has 27 heavy (non-hydrogen) atoms. The maximum Gasteiger partial charge on any atom is 0.226 e. The molecule has 0 saturated heterocycles. The van der Waals surface area contributed by atoms with Gasteiger partial charge in [-0.05, 0) is 35.9 Å². The lowest BCUT2D eigenvalue weighted by molar-refractivity contribution is -0.116. The number of anilines is 1. The van der Waals surface area contributed by atoms with E-state index in [0.29, 0.717) is 22.9 Å². The summed E-state index contributed by atoms with van der Waals surface area (Å²) in [7, 11) is 1.47. The summed E-state index contributed by atoms with van der Waals surface area (Å²) >= 11 is 5.88. The molecule has 0 saturated carbocycles. The van der Waals surface area contributed by atoms with Crippen LogP contribution < -0.4 is 10.1 Å². The zero-order chi connectivity index (χ0) is 19.1. The average molecular weight is 388 g/mol. The molecule has 1 atom stereocenters. The van der Waals surface area contributed by atoms with E-state index in [-0.39, 0.29) is 29.0 Å². The second kappa shape index (κ2) is 6.59. The fourth-order valence-electron chi connectivity index (χ4n) is 3.24. The fourth-order valence-corrected chi connectivity index (χ4v) is 3.41. The second-order valence-electron chi connectivity index (χ2n) is 6.18. The molecule has 0 bridgehead atoms. The number of fused-ring (bicyclic) bond motifs is 1. The number of aromatic hydroxyl groups is 1. The molecule has 1 aliphatic heterocycles. The molecule has 3 aromatic rings. The quantitative estimate of drug-likeness (QED) is 0.715. The lowest BCUT2D eigenvalue weighted by Crippen LogP contribution is -2.24. The fraction of sp³-hybridized carbons (Fsp3) is 0.158. The summed E-state index contributed by atoms with van der Waals surface area (Å²) in [6.07, 6.45) is 1.75. The van der Waals surface area contributed by atoms with Crippen molar-refractivity contribution >= 4 is 23.3 Å². The van der Waals surface area contributed by atoms with Gasteiger partial charge in [0.1, 0.15) is 18.0 Å². The number of nitrogens with one attached hydrogen (secondary N) is 1. The number of hydrogen-bond acceptors (Lipinski definition) is 4. The molecule has 138 valence electrons. The molecule has 0 aliphatic carbocycles. The van der Waals surface area contributed by atoms with Crippen molar-refractivity contribution in [1.29, 1.82) is 0 Å². The van der Waals surface area contributed by atoms with Crippen molar-refractivity contribution in [3.8, 4) is 17.2 Å². The van der Waals surface area contributed by atoms with E-state index >= 15 is 0 Å². The Hall–Kier alpha value is -3.06. The van der Waals surface area contributed by atoms with Gasteiger partial charge in [-0.1, -0.05) is 17.7 Å². The van der Waals surface area contributed by atoms with Crippen molar-refractivity contribution < 1.29 is 19.0 Å². The number of imidazole rings is 1. The minimum atomic E-state index is -0.523. The van der Waals surface area contributed by atoms with Crippen molar-refractivity contribution in [2.75, 3.05) is 12.4 Å². The summed E-state index contributed by atoms with van der Waals surface area (Å²) in [4.78, 5) is 16.7. The van der Waals surface area contributed by atoms with Crippen LogP contribution in [-0.2, 0) is 4.79 Å². The van der Waals surface area contributed by atoms with Crippen molar-refractivity contribution in [2.45, 2.75) is 12.3 Å². The number of benzene rings is 2. The number of hydrogen-bond donors (Lipinski definition) is 2. The standard InChI is InChI=1S/C19H15ClFN3O3/c1-27-16-5-2-10(6-15(16)25)12-8-17(26)23-19-18(12)22-9-24(19)11-3-4-14(21)13(20)7-11/h2-7,9,12,25H,8H2,1H3,(H,23,26). The Labute approximate surface area is 159 Å². The smallest absolute Gasteiger partial charge is 0.226 e. The van der Waals surface area contributed by atoms with Crippen LogP contribution >= 0.6 is 11.6 Å². The number of carbonyl (C=O) groups is 1. The molecule has 2 N–H and O–H groups in total. The van der Waals surface area contributed by atoms with Crippen molar-refractivity contribution in [3.63, 3.8) is 0 Å². The minimum Gasteiger partial charge on any atom is -0.504 e. The molecule has 1 aromatic heterocycles. The van der Waals surface area contributed by atoms with E-state index in [1.54, 1.807) is 35.2 Å². The molecule has 2 aromatic carbocycles. The highest BCUT2D eigenvalue weighted by Crippen LogP contribution is 2.40. The maximum atomic E-state index is 13.5. The highest BCUT2D eigenvalue weighted by molar-refractivity contribution is 6.30. The Balaban J connectivity index is 1.79. The first-order valence-corrected chi connectivity index (χ1v) is 8.55. The Morgan fingerprint density at radius 1 is 1.33 bits per heavy atom. The average Bonchev–Trinajstić information content (AvgIpc) is 3.07. The van der Waals surface area contributed by atoms with Crippen LogP contribution in [0.25, 0.3) is 5.69 Å². The molecular weight excluding hydrogens is 373 g/mol. The summed E-state index contributed by atoms with van der Waals surface area (Å²) in [5, 5.41) is 12.9. The SMILES string of the molecule is COc1ccc(C2CC(=O)Nc3c2ncn3-c2ccc(F)c(Cl)c2)cc1O. The minimum absolute atomic E-state index is 0.00715. The number of amides is 1. The normalized spacial score (nSPS) is 16.0. The second-order valence-corrected chi connectivity index (χ2v) is 6.59. The number of phenols is 1. The van der Waals surface area contributed by atoms with E-state index < -0.39 is 5.82 Å². The summed E-state index contributed by atoms with van der Waals surface area (Å²) in [5.74, 6) is -0.197. The van der Waals surface area contributed by atoms with Crippen LogP contribution in [-0.4, -0.2) is 27.7 Å². The van der Waals surface area contributed by atoms with Crippen LogP contribution in [0.15, 0.2) is 42.7 Å². The van der Waals surface area contributed by atoms with Gasteiger partial charge in [-0.3, -0.25) is 9.36 Å². The van der Waals surface area contributed by atoms with Gasteiger partial charge in [0.2, 0.25) is 5.91 Å². The largest absolute Gasteiger partial charge is 0.504 e. The maximum absolute atomic E-state index is 13.5. The van der Waals surface area contributed by atoms with Crippen LogP contribution in [0.3, 0.4) is 0 Å². The van der Waals surface area contributed by atoms with Crippen LogP contribution in [0.2, 0.25) is 5.02 Å². The van der Waals surface area contributed by atoms with E-state index in [9.17, 15) is 14.3 Å². The number of halogens is 2. The van der Waals surface area contributed by atoms with Gasteiger partial charge in [0.15, 0.2) is 11.5 Å². The van der Waals surface area contributed by atoms with Crippen LogP contribution in [0.1, 0.15) is 23.6 Å². The molecule has 0 radical (unpaired) electrons. The number of nitrogens with zero attached hydrogens (tertiary/aromatic N) is 2. The predicted molar refractivity (Wildman–Crippen MR) is 98.3 cm³/mol. The Kier molecular flexibility index (Phi) is 4.24. The van der Waals surface area contributed by atoms with E-state index in [4.69, 9.17) is 16.3 Å². The molecule has 0 spiro atoms. The first-order chi connectivity index (χ1) is 13.0. The number of aromatic nitrogens is 2. The summed E-state index contributed by atoms with van der Waals surface area (Å²) < 4.78 is 20.2. The van der Waals surface area contributed by atoms with Gasteiger partial charge in [-0.25, -0.2) is 9.37 Å². The highest BCUT2D eigenvalue weighted by atomic mass is 35.5. The van der Waals surface area contributed by atoms with Crippen LogP contribution in [0, 0.1) is 5.82 Å². The molecule has 6 nitrogen and oxygen atoms in total. The third kappa shape index (κ3) is 3.00. The number of carbonyl (C=O) groups excluding carboxylic acids is 1. The third-order valence-electron chi connectivity index (χ3n) is 4.56. The summed E-state index contributed by atoms with van der Waals surface area (Å²) in [6, 6.07) is 9.28. The van der Waals surface area contributed by atoms with E-state index in [0.717, 1.165) is 5.56 Å². The highest BCUT2D eigenvalue weighted by Gasteiger charge is 2.31. The molecule has 8 heteroatoms. The van der Waals surface area contributed by atoms with Crippen LogP contribution in [0.4, 0.5) is 10.2 Å². The Bertz CT molecular complexity index is 1050. The lowest BCUT2D eigenvalue weighted by Gasteiger charge is -2.23. The van der Waals surface area contributed by atoms with E-state index in [1.165, 1.54) is 19.2 Å². The number of ether oxygens (including phenoxy) is 1. The van der Waals surface area contributed by atoms with Crippen molar-refractivity contribution in [3.05, 3.63) is 64.8 Å². The number of methoxy groups -OCH3 is 1. The number of rotatable bonds is 3. The molecule has 1 unspecified atom stereocenters. The van der Waals surface area contributed by atoms with E-state index in [2.05, 4.69) is 10.3 Å². The van der Waals surface area contributed by atoms with Gasteiger partial charge in [-0.15, -0.1) is 0 Å². The van der Waals surface area contributed by atoms with Gasteiger partial charge >= 0.3 is 0 Å². The molecule has 0 fully saturated rings. The van der Waals surface area contributed by atoms with Gasteiger partial charge in [-0.2, -0.15) is 0 Å². The van der Waals surface area contributed by atoms with E-state index in [1.807, 2.05) is 0 Å². The topological polar surface area (TPSA) is 76.4 Å². The molecule has 1 amide bonds. The van der Waals surface area contributed by atoms with Crippen LogP contribution in [0.5, 0.6) is 11.5 Å². The third-order valence-corrected chi connectivity index (χ3v) is 4.85. The lowest BCUT2D eigenvalue weighted by atomic mass is 9.89. The summed E-state index contributed by atoms with van der Waals surface area (Å²) in [5.41, 5.74) is 1.97. The first kappa shape index (κ1) is 17.4. The Morgan fingerprint density at radius 3 is 2.85 bits per heavy atom. The molecule has 1 aliphatic rings. The molecule has 4 rings (SSSR count). The zero-order valence-electron chi connectivity index (χ0n) is 14.2. The first-order valence-electron chi connectivity index (χ1n) is 8.17. The summed E-state index contributed by atoms with van der Waals surface area (Å²) in [6.45, 7) is 0. The molecular formula is C19H15ClFN3O3. The van der Waals surface area contributed by atoms with Crippen molar-refractivity contribution in [2.24, 2.45) is 0 Å². The Morgan fingerprint density at radius 2 is 2.15 bits per heavy atom. The monoisotopic (exact) mass is 387 g/mol. The van der Waals surface area contributed by atoms with Crippen molar-refractivity contribution in [1.82, 2.24) is 9.55 Å². The van der Waals surface area contributed by atoms with Gasteiger partial charge in [0.05, 0.1) is 23.5 Å². The predicted octanol–water partition coefficient (Wildman–Crippen LogP) is 3.85. The number of phenolic OH excluding ortho intramolecular Hbond substituents is 1.